The number of hydrogen-bond donors (Lipinski definition) is 2. The fourth-order valence-corrected chi connectivity index (χ4v) is 4.30. The van der Waals surface area contributed by atoms with Gasteiger partial charge in [0.05, 0.1) is 22.2 Å². The monoisotopic (exact) mass is 450 g/mol. The van der Waals surface area contributed by atoms with Gasteiger partial charge in [0.15, 0.2) is 5.76 Å². The fourth-order valence-electron chi connectivity index (χ4n) is 3.21. The zero-order chi connectivity index (χ0) is 21.8. The molecule has 1 unspecified atom stereocenters. The normalized spacial score (nSPS) is 11.7. The van der Waals surface area contributed by atoms with Crippen molar-refractivity contribution in [1.82, 2.24) is 5.32 Å². The highest BCUT2D eigenvalue weighted by molar-refractivity contribution is 7.18. The van der Waals surface area contributed by atoms with Crippen molar-refractivity contribution in [1.29, 1.82) is 0 Å². The summed E-state index contributed by atoms with van der Waals surface area (Å²) in [4.78, 5) is 25.9. The van der Waals surface area contributed by atoms with Crippen molar-refractivity contribution in [2.24, 2.45) is 0 Å². The summed E-state index contributed by atoms with van der Waals surface area (Å²) in [6.45, 7) is 1.84. The van der Waals surface area contributed by atoms with Gasteiger partial charge in [-0.2, -0.15) is 0 Å². The van der Waals surface area contributed by atoms with Crippen LogP contribution in [0, 0.1) is 6.92 Å². The smallest absolute Gasteiger partial charge is 0.291 e. The molecule has 5 nitrogen and oxygen atoms in total. The summed E-state index contributed by atoms with van der Waals surface area (Å²) in [5.74, 6) is -0.365. The maximum atomic E-state index is 13.2. The van der Waals surface area contributed by atoms with E-state index in [0.717, 1.165) is 16.7 Å². The number of amides is 2. The van der Waals surface area contributed by atoms with Gasteiger partial charge >= 0.3 is 0 Å². The van der Waals surface area contributed by atoms with Crippen LogP contribution in [0.3, 0.4) is 0 Å². The molecular weight excluding hydrogens is 432 g/mol. The maximum Gasteiger partial charge on any atom is 0.291 e. The summed E-state index contributed by atoms with van der Waals surface area (Å²) in [6, 6.07) is 21.8. The number of anilines is 1. The molecule has 31 heavy (non-hydrogen) atoms. The van der Waals surface area contributed by atoms with Gasteiger partial charge in [0.1, 0.15) is 0 Å². The molecule has 2 N–H and O–H groups in total. The lowest BCUT2D eigenvalue weighted by Crippen LogP contribution is -2.29. The zero-order valence-electron chi connectivity index (χ0n) is 16.6. The van der Waals surface area contributed by atoms with Crippen molar-refractivity contribution in [2.45, 2.75) is 13.0 Å². The van der Waals surface area contributed by atoms with Gasteiger partial charge in [-0.15, -0.1) is 11.3 Å². The van der Waals surface area contributed by atoms with Crippen molar-refractivity contribution in [2.75, 3.05) is 5.32 Å². The predicted molar refractivity (Wildman–Crippen MR) is 123 cm³/mol. The SMILES string of the molecule is Cc1cc(NC(=O)c2ccco2)sc1C(=O)NC(c1ccccc1)c1ccc(Cl)cc1. The van der Waals surface area contributed by atoms with Crippen LogP contribution in [-0.2, 0) is 0 Å². The molecule has 1 atom stereocenters. The molecule has 2 amide bonds. The molecule has 156 valence electrons. The van der Waals surface area contributed by atoms with Crippen molar-refractivity contribution in [3.63, 3.8) is 0 Å². The standard InChI is InChI=1S/C24H19ClN2O3S/c1-15-14-20(26-23(28)19-8-5-13-30-19)31-22(15)24(29)27-21(16-6-3-2-4-7-16)17-9-11-18(25)12-10-17/h2-14,21H,1H3,(H,26,28)(H,27,29). The molecular formula is C24H19ClN2O3S. The third kappa shape index (κ3) is 4.87. The van der Waals surface area contributed by atoms with Gasteiger partial charge in [-0.1, -0.05) is 54.1 Å². The van der Waals surface area contributed by atoms with E-state index in [-0.39, 0.29) is 23.6 Å². The third-order valence-electron chi connectivity index (χ3n) is 4.72. The number of benzene rings is 2. The van der Waals surface area contributed by atoms with Gasteiger partial charge in [-0.25, -0.2) is 0 Å². The van der Waals surface area contributed by atoms with Gasteiger partial charge in [-0.3, -0.25) is 9.59 Å². The molecule has 0 saturated heterocycles. The second-order valence-electron chi connectivity index (χ2n) is 6.92. The first-order chi connectivity index (χ1) is 15.0. The van der Waals surface area contributed by atoms with Gasteiger partial charge in [0, 0.05) is 5.02 Å². The maximum absolute atomic E-state index is 13.2. The molecule has 0 aliphatic heterocycles. The molecule has 2 heterocycles. The first-order valence-electron chi connectivity index (χ1n) is 9.58. The number of furan rings is 1. The molecule has 4 aromatic rings. The Hall–Kier alpha value is -3.35. The molecule has 2 aromatic heterocycles. The Morgan fingerprint density at radius 3 is 2.32 bits per heavy atom. The van der Waals surface area contributed by atoms with Crippen molar-refractivity contribution < 1.29 is 14.0 Å². The van der Waals surface area contributed by atoms with E-state index >= 15 is 0 Å². The highest BCUT2D eigenvalue weighted by atomic mass is 35.5. The van der Waals surface area contributed by atoms with Crippen LogP contribution in [0.1, 0.15) is 43.0 Å². The highest BCUT2D eigenvalue weighted by Crippen LogP contribution is 2.29. The van der Waals surface area contributed by atoms with Crippen LogP contribution in [-0.4, -0.2) is 11.8 Å². The van der Waals surface area contributed by atoms with E-state index in [2.05, 4.69) is 10.6 Å². The topological polar surface area (TPSA) is 71.3 Å². The lowest BCUT2D eigenvalue weighted by atomic mass is 9.98. The largest absolute Gasteiger partial charge is 0.459 e. The second kappa shape index (κ2) is 9.20. The molecule has 0 aliphatic carbocycles. The third-order valence-corrected chi connectivity index (χ3v) is 6.12. The van der Waals surface area contributed by atoms with Crippen molar-refractivity contribution in [3.05, 3.63) is 111 Å². The number of hydrogen-bond acceptors (Lipinski definition) is 4. The van der Waals surface area contributed by atoms with E-state index < -0.39 is 0 Å². The summed E-state index contributed by atoms with van der Waals surface area (Å²) in [7, 11) is 0. The Labute approximate surface area is 188 Å². The Morgan fingerprint density at radius 1 is 0.935 bits per heavy atom. The summed E-state index contributed by atoms with van der Waals surface area (Å²) in [5.41, 5.74) is 2.66. The first-order valence-corrected chi connectivity index (χ1v) is 10.8. The Bertz CT molecular complexity index is 1190. The minimum atomic E-state index is -0.360. The summed E-state index contributed by atoms with van der Waals surface area (Å²) >= 11 is 7.26. The highest BCUT2D eigenvalue weighted by Gasteiger charge is 2.21. The Balaban J connectivity index is 1.57. The van der Waals surface area contributed by atoms with Gasteiger partial charge in [-0.05, 0) is 53.9 Å². The molecule has 0 spiro atoms. The van der Waals surface area contributed by atoms with E-state index in [9.17, 15) is 9.59 Å². The van der Waals surface area contributed by atoms with Crippen molar-refractivity contribution >= 4 is 39.8 Å². The number of carbonyl (C=O) groups is 2. The number of thiophene rings is 1. The number of aryl methyl sites for hydroxylation is 1. The average molecular weight is 451 g/mol. The first kappa shape index (κ1) is 20.9. The second-order valence-corrected chi connectivity index (χ2v) is 8.41. The van der Waals surface area contributed by atoms with Gasteiger partial charge < -0.3 is 15.1 Å². The minimum absolute atomic E-state index is 0.212. The van der Waals surface area contributed by atoms with Crippen LogP contribution in [0.2, 0.25) is 5.02 Å². The lowest BCUT2D eigenvalue weighted by molar-refractivity contribution is 0.0945. The van der Waals surface area contributed by atoms with E-state index in [1.54, 1.807) is 30.3 Å². The summed E-state index contributed by atoms with van der Waals surface area (Å²) in [6.07, 6.45) is 1.44. The summed E-state index contributed by atoms with van der Waals surface area (Å²) < 4.78 is 5.11. The van der Waals surface area contributed by atoms with Crippen LogP contribution < -0.4 is 10.6 Å². The number of halogens is 1. The Kier molecular flexibility index (Phi) is 6.21. The quantitative estimate of drug-likeness (QED) is 0.374. The molecule has 0 fully saturated rings. The van der Waals surface area contributed by atoms with E-state index in [4.69, 9.17) is 16.0 Å². The van der Waals surface area contributed by atoms with E-state index in [1.165, 1.54) is 17.6 Å². The number of rotatable bonds is 6. The van der Waals surface area contributed by atoms with Crippen molar-refractivity contribution in [3.8, 4) is 0 Å². The van der Waals surface area contributed by atoms with E-state index in [0.29, 0.717) is 14.9 Å². The molecule has 0 bridgehead atoms. The zero-order valence-corrected chi connectivity index (χ0v) is 18.2. The number of carbonyl (C=O) groups excluding carboxylic acids is 2. The molecule has 0 radical (unpaired) electrons. The fraction of sp³-hybridized carbons (Fsp3) is 0.0833. The Morgan fingerprint density at radius 2 is 1.65 bits per heavy atom. The molecule has 2 aromatic carbocycles. The van der Waals surface area contributed by atoms with Crippen LogP contribution in [0.5, 0.6) is 0 Å². The summed E-state index contributed by atoms with van der Waals surface area (Å²) in [5, 5.41) is 7.10. The molecule has 0 saturated carbocycles. The molecule has 0 aliphatic rings. The average Bonchev–Trinajstić information content (AvgIpc) is 3.43. The van der Waals surface area contributed by atoms with Crippen LogP contribution in [0.4, 0.5) is 5.00 Å². The van der Waals surface area contributed by atoms with Crippen LogP contribution in [0.15, 0.2) is 83.5 Å². The predicted octanol–water partition coefficient (Wildman–Crippen LogP) is 6.07. The van der Waals surface area contributed by atoms with Crippen LogP contribution in [0.25, 0.3) is 0 Å². The lowest BCUT2D eigenvalue weighted by Gasteiger charge is -2.20. The molecule has 4 rings (SSSR count). The van der Waals surface area contributed by atoms with Crippen LogP contribution >= 0.6 is 22.9 Å². The van der Waals surface area contributed by atoms with Gasteiger partial charge in [0.25, 0.3) is 11.8 Å². The van der Waals surface area contributed by atoms with Gasteiger partial charge in [0.2, 0.25) is 0 Å². The minimum Gasteiger partial charge on any atom is -0.459 e. The molecule has 7 heteroatoms. The number of nitrogens with one attached hydrogen (secondary N) is 2. The van der Waals surface area contributed by atoms with E-state index in [1.807, 2.05) is 49.4 Å².